The highest BCUT2D eigenvalue weighted by atomic mass is 79.9. The van der Waals surface area contributed by atoms with Crippen molar-refractivity contribution in [1.29, 1.82) is 0 Å². The van der Waals surface area contributed by atoms with Gasteiger partial charge in [0.1, 0.15) is 17.6 Å². The van der Waals surface area contributed by atoms with Crippen LogP contribution in [0.1, 0.15) is 16.7 Å². The number of hydrogen-bond acceptors (Lipinski definition) is 3. The summed E-state index contributed by atoms with van der Waals surface area (Å²) in [7, 11) is 0. The molecule has 5 heteroatoms. The fraction of sp³-hybridized carbons (Fsp3) is 0.100. The molecule has 0 fully saturated rings. The normalized spacial score (nSPS) is 12.7. The molecule has 1 N–H and O–H groups in total. The van der Waals surface area contributed by atoms with Crippen molar-refractivity contribution in [3.05, 3.63) is 50.6 Å². The predicted molar refractivity (Wildman–Crippen MR) is 60.3 cm³/mol. The minimum absolute atomic E-state index is 0.0562. The van der Waals surface area contributed by atoms with Crippen molar-refractivity contribution in [1.82, 2.24) is 4.98 Å². The van der Waals surface area contributed by atoms with Crippen LogP contribution in [-0.2, 0) is 0 Å². The zero-order valence-electron chi connectivity index (χ0n) is 7.52. The molecule has 2 rings (SSSR count). The first kappa shape index (κ1) is 10.7. The van der Waals surface area contributed by atoms with Gasteiger partial charge in [-0.05, 0) is 39.5 Å². The van der Waals surface area contributed by atoms with Crippen LogP contribution in [0.15, 0.2) is 34.2 Å². The molecule has 0 spiro atoms. The topological polar surface area (TPSA) is 33.1 Å². The van der Waals surface area contributed by atoms with Gasteiger partial charge in [-0.2, -0.15) is 0 Å². The van der Waals surface area contributed by atoms with E-state index in [0.717, 1.165) is 4.47 Å². The number of halogens is 2. The summed E-state index contributed by atoms with van der Waals surface area (Å²) in [4.78, 5) is 4.50. The Morgan fingerprint density at radius 2 is 2.27 bits per heavy atom. The van der Waals surface area contributed by atoms with Gasteiger partial charge in [0.05, 0.1) is 4.88 Å². The molecule has 0 saturated heterocycles. The summed E-state index contributed by atoms with van der Waals surface area (Å²) in [5.74, 6) is -0.495. The Bertz CT molecular complexity index is 474. The monoisotopic (exact) mass is 287 g/mol. The first-order chi connectivity index (χ1) is 7.20. The van der Waals surface area contributed by atoms with Crippen LogP contribution in [0.25, 0.3) is 0 Å². The zero-order valence-corrected chi connectivity index (χ0v) is 9.93. The molecular weight excluding hydrogens is 281 g/mol. The third-order valence-electron chi connectivity index (χ3n) is 1.94. The second-order valence-electron chi connectivity index (χ2n) is 2.91. The van der Waals surface area contributed by atoms with Crippen molar-refractivity contribution in [2.45, 2.75) is 6.10 Å². The maximum atomic E-state index is 13.3. The Morgan fingerprint density at radius 1 is 1.47 bits per heavy atom. The Balaban J connectivity index is 2.41. The van der Waals surface area contributed by atoms with Crippen molar-refractivity contribution in [2.75, 3.05) is 0 Å². The average Bonchev–Trinajstić information content (AvgIpc) is 2.64. The Kier molecular flexibility index (Phi) is 3.14. The van der Waals surface area contributed by atoms with Gasteiger partial charge in [-0.3, -0.25) is 4.98 Å². The smallest absolute Gasteiger partial charge is 0.147 e. The molecule has 0 bridgehead atoms. The molecule has 78 valence electrons. The Morgan fingerprint density at radius 3 is 2.87 bits per heavy atom. The van der Waals surface area contributed by atoms with E-state index >= 15 is 0 Å². The van der Waals surface area contributed by atoms with Crippen molar-refractivity contribution in [3.8, 4) is 0 Å². The van der Waals surface area contributed by atoms with Crippen molar-refractivity contribution in [2.24, 2.45) is 0 Å². The van der Waals surface area contributed by atoms with Crippen molar-refractivity contribution in [3.63, 3.8) is 0 Å². The minimum atomic E-state index is -1.01. The second kappa shape index (κ2) is 4.38. The third kappa shape index (κ3) is 2.09. The van der Waals surface area contributed by atoms with Gasteiger partial charge < -0.3 is 5.11 Å². The molecule has 0 radical (unpaired) electrons. The third-order valence-corrected chi connectivity index (χ3v) is 3.86. The SMILES string of the molecule is OC(c1ncccc1F)c1sccc1Br. The summed E-state index contributed by atoms with van der Waals surface area (Å²) in [5, 5.41) is 11.7. The van der Waals surface area contributed by atoms with E-state index in [0.29, 0.717) is 4.88 Å². The molecule has 2 heterocycles. The molecule has 0 aliphatic heterocycles. The molecule has 0 aliphatic rings. The van der Waals surface area contributed by atoms with Crippen LogP contribution in [0.2, 0.25) is 0 Å². The first-order valence-corrected chi connectivity index (χ1v) is 5.89. The molecule has 1 atom stereocenters. The van der Waals surface area contributed by atoms with Gasteiger partial charge >= 0.3 is 0 Å². The van der Waals surface area contributed by atoms with E-state index in [1.165, 1.54) is 29.7 Å². The molecule has 0 aromatic carbocycles. The number of rotatable bonds is 2. The average molecular weight is 288 g/mol. The van der Waals surface area contributed by atoms with Crippen LogP contribution in [0.4, 0.5) is 4.39 Å². The van der Waals surface area contributed by atoms with Crippen LogP contribution < -0.4 is 0 Å². The summed E-state index contributed by atoms with van der Waals surface area (Å²) in [6.07, 6.45) is 0.448. The minimum Gasteiger partial charge on any atom is -0.381 e. The summed E-state index contributed by atoms with van der Waals surface area (Å²) in [6, 6.07) is 4.59. The van der Waals surface area contributed by atoms with Crippen LogP contribution in [0.5, 0.6) is 0 Å². The van der Waals surface area contributed by atoms with Crippen LogP contribution in [0, 0.1) is 5.82 Å². The molecular formula is C10H7BrFNOS. The van der Waals surface area contributed by atoms with Gasteiger partial charge in [0.25, 0.3) is 0 Å². The largest absolute Gasteiger partial charge is 0.381 e. The number of aromatic nitrogens is 1. The highest BCUT2D eigenvalue weighted by Crippen LogP contribution is 2.32. The lowest BCUT2D eigenvalue weighted by Gasteiger charge is -2.09. The first-order valence-electron chi connectivity index (χ1n) is 4.21. The molecule has 15 heavy (non-hydrogen) atoms. The predicted octanol–water partition coefficient (Wildman–Crippen LogP) is 3.13. The van der Waals surface area contributed by atoms with Gasteiger partial charge in [0, 0.05) is 10.7 Å². The van der Waals surface area contributed by atoms with E-state index in [2.05, 4.69) is 20.9 Å². The van der Waals surface area contributed by atoms with Gasteiger partial charge in [-0.15, -0.1) is 11.3 Å². The Hall–Kier alpha value is -0.780. The summed E-state index contributed by atoms with van der Waals surface area (Å²) >= 11 is 4.65. The molecule has 0 saturated carbocycles. The zero-order chi connectivity index (χ0) is 10.8. The highest BCUT2D eigenvalue weighted by molar-refractivity contribution is 9.10. The summed E-state index contributed by atoms with van der Waals surface area (Å²) in [6.45, 7) is 0. The van der Waals surface area contributed by atoms with Crippen LogP contribution in [0.3, 0.4) is 0 Å². The molecule has 2 aromatic heterocycles. The standard InChI is InChI=1S/C10H7BrFNOS/c11-6-3-5-15-10(6)9(14)8-7(12)2-1-4-13-8/h1-5,9,14H. The van der Waals surface area contributed by atoms with Crippen LogP contribution >= 0.6 is 27.3 Å². The number of aliphatic hydroxyl groups is 1. The lowest BCUT2D eigenvalue weighted by Crippen LogP contribution is -2.03. The number of thiophene rings is 1. The van der Waals surface area contributed by atoms with E-state index in [-0.39, 0.29) is 5.69 Å². The van der Waals surface area contributed by atoms with Gasteiger partial charge in [-0.25, -0.2) is 4.39 Å². The van der Waals surface area contributed by atoms with E-state index in [1.807, 2.05) is 11.4 Å². The number of aliphatic hydroxyl groups excluding tert-OH is 1. The molecule has 2 nitrogen and oxygen atoms in total. The highest BCUT2D eigenvalue weighted by Gasteiger charge is 2.19. The molecule has 2 aromatic rings. The van der Waals surface area contributed by atoms with E-state index in [9.17, 15) is 9.50 Å². The van der Waals surface area contributed by atoms with Crippen molar-refractivity contribution >= 4 is 27.3 Å². The lowest BCUT2D eigenvalue weighted by molar-refractivity contribution is 0.212. The van der Waals surface area contributed by atoms with Crippen molar-refractivity contribution < 1.29 is 9.50 Å². The maximum absolute atomic E-state index is 13.3. The van der Waals surface area contributed by atoms with E-state index in [4.69, 9.17) is 0 Å². The van der Waals surface area contributed by atoms with E-state index in [1.54, 1.807) is 0 Å². The maximum Gasteiger partial charge on any atom is 0.147 e. The fourth-order valence-electron chi connectivity index (χ4n) is 1.22. The lowest BCUT2D eigenvalue weighted by atomic mass is 10.2. The van der Waals surface area contributed by atoms with E-state index < -0.39 is 11.9 Å². The quantitative estimate of drug-likeness (QED) is 0.921. The summed E-state index contributed by atoms with van der Waals surface area (Å²) < 4.78 is 14.1. The van der Waals surface area contributed by atoms with Gasteiger partial charge in [0.2, 0.25) is 0 Å². The van der Waals surface area contributed by atoms with Gasteiger partial charge in [-0.1, -0.05) is 0 Å². The molecule has 1 unspecified atom stereocenters. The molecule has 0 amide bonds. The second-order valence-corrected chi connectivity index (χ2v) is 4.71. The number of nitrogens with zero attached hydrogens (tertiary/aromatic N) is 1. The fourth-order valence-corrected chi connectivity index (χ4v) is 2.80. The molecule has 0 aliphatic carbocycles. The summed E-state index contributed by atoms with van der Waals surface area (Å²) in [5.41, 5.74) is 0.0562. The Labute approximate surface area is 98.5 Å². The number of hydrogen-bond donors (Lipinski definition) is 1. The number of pyridine rings is 1. The van der Waals surface area contributed by atoms with Crippen LogP contribution in [-0.4, -0.2) is 10.1 Å². The van der Waals surface area contributed by atoms with Gasteiger partial charge in [0.15, 0.2) is 0 Å².